The molecule has 0 saturated carbocycles. The van der Waals surface area contributed by atoms with Crippen LogP contribution in [-0.4, -0.2) is 39.8 Å². The molecule has 3 heterocycles. The van der Waals surface area contributed by atoms with Gasteiger partial charge in [-0.2, -0.15) is 0 Å². The highest BCUT2D eigenvalue weighted by Crippen LogP contribution is 2.31. The SMILES string of the molecule is CC(=O)Nc1ccc(/C=C(/C(=O)N2CCCC2)c2nc3sc(-c4ccccc4)cc3c(=O)[nH]2)cc1. The van der Waals surface area contributed by atoms with Crippen molar-refractivity contribution in [2.75, 3.05) is 18.4 Å². The lowest BCUT2D eigenvalue weighted by Crippen LogP contribution is -2.29. The molecule has 2 N–H and O–H groups in total. The molecule has 0 radical (unpaired) electrons. The smallest absolute Gasteiger partial charge is 0.259 e. The van der Waals surface area contributed by atoms with Crippen molar-refractivity contribution in [2.24, 2.45) is 0 Å². The molecule has 2 aromatic carbocycles. The number of nitrogens with zero attached hydrogens (tertiary/aromatic N) is 2. The van der Waals surface area contributed by atoms with E-state index in [9.17, 15) is 14.4 Å². The topological polar surface area (TPSA) is 95.2 Å². The minimum absolute atomic E-state index is 0.154. The molecule has 0 unspecified atom stereocenters. The molecule has 5 rings (SSSR count). The summed E-state index contributed by atoms with van der Waals surface area (Å²) in [5.74, 6) is -0.0540. The zero-order valence-electron chi connectivity index (χ0n) is 19.2. The first-order valence-corrected chi connectivity index (χ1v) is 12.3. The van der Waals surface area contributed by atoms with Crippen molar-refractivity contribution in [3.8, 4) is 10.4 Å². The molecule has 1 aliphatic rings. The van der Waals surface area contributed by atoms with E-state index in [0.717, 1.165) is 28.8 Å². The molecular weight excluding hydrogens is 460 g/mol. The number of nitrogens with one attached hydrogen (secondary N) is 2. The molecule has 0 spiro atoms. The predicted molar refractivity (Wildman–Crippen MR) is 140 cm³/mol. The molecule has 1 aliphatic heterocycles. The molecule has 4 aromatic rings. The average Bonchev–Trinajstić information content (AvgIpc) is 3.54. The van der Waals surface area contributed by atoms with Crippen molar-refractivity contribution in [2.45, 2.75) is 19.8 Å². The van der Waals surface area contributed by atoms with Crippen LogP contribution in [0.5, 0.6) is 0 Å². The second kappa shape index (κ2) is 9.68. The van der Waals surface area contributed by atoms with Crippen LogP contribution in [0.4, 0.5) is 5.69 Å². The number of amides is 2. The minimum atomic E-state index is -0.274. The van der Waals surface area contributed by atoms with E-state index in [-0.39, 0.29) is 23.2 Å². The first-order valence-electron chi connectivity index (χ1n) is 11.5. The van der Waals surface area contributed by atoms with Crippen LogP contribution in [0.25, 0.3) is 32.3 Å². The fraction of sp³-hybridized carbons (Fsp3) is 0.185. The number of carbonyl (C=O) groups excluding carboxylic acids is 2. The van der Waals surface area contributed by atoms with Crippen LogP contribution < -0.4 is 10.9 Å². The molecule has 35 heavy (non-hydrogen) atoms. The number of thiophene rings is 1. The van der Waals surface area contributed by atoms with E-state index in [1.165, 1.54) is 18.3 Å². The molecule has 0 bridgehead atoms. The molecular formula is C27H24N4O3S. The van der Waals surface area contributed by atoms with Crippen LogP contribution in [0.3, 0.4) is 0 Å². The van der Waals surface area contributed by atoms with Crippen LogP contribution in [0.1, 0.15) is 31.2 Å². The van der Waals surface area contributed by atoms with Crippen molar-refractivity contribution in [1.82, 2.24) is 14.9 Å². The van der Waals surface area contributed by atoms with Gasteiger partial charge in [-0.1, -0.05) is 42.5 Å². The van der Waals surface area contributed by atoms with E-state index < -0.39 is 0 Å². The summed E-state index contributed by atoms with van der Waals surface area (Å²) in [5.41, 5.74) is 2.51. The monoisotopic (exact) mass is 484 g/mol. The van der Waals surface area contributed by atoms with Crippen LogP contribution >= 0.6 is 11.3 Å². The number of aromatic nitrogens is 2. The molecule has 2 amide bonds. The first-order chi connectivity index (χ1) is 17.0. The number of rotatable bonds is 5. The largest absolute Gasteiger partial charge is 0.339 e. The van der Waals surface area contributed by atoms with Crippen LogP contribution in [0, 0.1) is 0 Å². The molecule has 0 atom stereocenters. The number of aromatic amines is 1. The van der Waals surface area contributed by atoms with Gasteiger partial charge in [-0.25, -0.2) is 4.98 Å². The van der Waals surface area contributed by atoms with Gasteiger partial charge in [0.2, 0.25) is 5.91 Å². The maximum atomic E-state index is 13.5. The summed E-state index contributed by atoms with van der Waals surface area (Å²) in [4.78, 5) is 48.7. The summed E-state index contributed by atoms with van der Waals surface area (Å²) in [6.07, 6.45) is 3.66. The lowest BCUT2D eigenvalue weighted by molar-refractivity contribution is -0.124. The zero-order chi connectivity index (χ0) is 24.4. The number of fused-ring (bicyclic) bond motifs is 1. The van der Waals surface area contributed by atoms with Crippen LogP contribution in [0.2, 0.25) is 0 Å². The van der Waals surface area contributed by atoms with Crippen molar-refractivity contribution >= 4 is 50.7 Å². The van der Waals surface area contributed by atoms with Crippen molar-refractivity contribution < 1.29 is 9.59 Å². The number of anilines is 1. The minimum Gasteiger partial charge on any atom is -0.339 e. The summed E-state index contributed by atoms with van der Waals surface area (Å²) in [5, 5.41) is 3.24. The molecule has 8 heteroatoms. The number of H-pyrrole nitrogens is 1. The quantitative estimate of drug-likeness (QED) is 0.399. The predicted octanol–water partition coefficient (Wildman–Crippen LogP) is 4.77. The second-order valence-corrected chi connectivity index (χ2v) is 9.50. The van der Waals surface area contributed by atoms with E-state index in [0.29, 0.717) is 34.6 Å². The normalized spacial score (nSPS) is 13.9. The van der Waals surface area contributed by atoms with E-state index in [2.05, 4.69) is 10.3 Å². The third-order valence-electron chi connectivity index (χ3n) is 5.88. The maximum absolute atomic E-state index is 13.5. The van der Waals surface area contributed by atoms with Gasteiger partial charge in [-0.3, -0.25) is 14.4 Å². The molecule has 1 saturated heterocycles. The average molecular weight is 485 g/mol. The Bertz CT molecular complexity index is 1480. The van der Waals surface area contributed by atoms with Gasteiger partial charge in [-0.05, 0) is 48.2 Å². The van der Waals surface area contributed by atoms with Crippen LogP contribution in [0.15, 0.2) is 65.5 Å². The highest BCUT2D eigenvalue weighted by Gasteiger charge is 2.25. The third-order valence-corrected chi connectivity index (χ3v) is 6.96. The Kier molecular flexibility index (Phi) is 6.29. The van der Waals surface area contributed by atoms with Gasteiger partial charge in [-0.15, -0.1) is 11.3 Å². The number of carbonyl (C=O) groups is 2. The van der Waals surface area contributed by atoms with Gasteiger partial charge in [0.1, 0.15) is 10.7 Å². The molecule has 7 nitrogen and oxygen atoms in total. The highest BCUT2D eigenvalue weighted by atomic mass is 32.1. The Morgan fingerprint density at radius 1 is 1.06 bits per heavy atom. The fourth-order valence-electron chi connectivity index (χ4n) is 4.16. The number of hydrogen-bond donors (Lipinski definition) is 2. The van der Waals surface area contributed by atoms with Crippen molar-refractivity contribution in [3.05, 3.63) is 82.4 Å². The highest BCUT2D eigenvalue weighted by molar-refractivity contribution is 7.21. The summed E-state index contributed by atoms with van der Waals surface area (Å²) in [6.45, 7) is 2.81. The van der Waals surface area contributed by atoms with Crippen LogP contribution in [-0.2, 0) is 9.59 Å². The third kappa shape index (κ3) is 4.93. The summed E-state index contributed by atoms with van der Waals surface area (Å²) in [7, 11) is 0. The zero-order valence-corrected chi connectivity index (χ0v) is 20.0. The van der Waals surface area contributed by atoms with Crippen molar-refractivity contribution in [3.63, 3.8) is 0 Å². The number of hydrogen-bond acceptors (Lipinski definition) is 5. The summed E-state index contributed by atoms with van der Waals surface area (Å²) in [6, 6.07) is 18.9. The van der Waals surface area contributed by atoms with Gasteiger partial charge in [0.15, 0.2) is 0 Å². The fourth-order valence-corrected chi connectivity index (χ4v) is 5.20. The lowest BCUT2D eigenvalue weighted by atomic mass is 10.1. The van der Waals surface area contributed by atoms with E-state index in [1.807, 2.05) is 48.5 Å². The van der Waals surface area contributed by atoms with E-state index in [1.54, 1.807) is 23.1 Å². The van der Waals surface area contributed by atoms with Gasteiger partial charge in [0, 0.05) is 30.6 Å². The lowest BCUT2D eigenvalue weighted by Gasteiger charge is -2.17. The number of likely N-dealkylation sites (tertiary alicyclic amines) is 1. The Morgan fingerprint density at radius 3 is 2.46 bits per heavy atom. The van der Waals surface area contributed by atoms with Gasteiger partial charge < -0.3 is 15.2 Å². The summed E-state index contributed by atoms with van der Waals surface area (Å²) < 4.78 is 0. The Hall–Kier alpha value is -4.04. The van der Waals surface area contributed by atoms with Gasteiger partial charge in [0.25, 0.3) is 11.5 Å². The van der Waals surface area contributed by atoms with Gasteiger partial charge in [0.05, 0.1) is 11.0 Å². The molecule has 2 aromatic heterocycles. The Morgan fingerprint density at radius 2 is 1.77 bits per heavy atom. The maximum Gasteiger partial charge on any atom is 0.259 e. The second-order valence-electron chi connectivity index (χ2n) is 8.47. The molecule has 176 valence electrons. The molecule has 0 aliphatic carbocycles. The Balaban J connectivity index is 1.58. The Labute approximate surface area is 206 Å². The van der Waals surface area contributed by atoms with E-state index in [4.69, 9.17) is 4.98 Å². The summed E-state index contributed by atoms with van der Waals surface area (Å²) >= 11 is 1.43. The van der Waals surface area contributed by atoms with Gasteiger partial charge >= 0.3 is 0 Å². The first kappa shape index (κ1) is 22.7. The van der Waals surface area contributed by atoms with Crippen molar-refractivity contribution in [1.29, 1.82) is 0 Å². The number of benzene rings is 2. The molecule has 1 fully saturated rings. The van der Waals surface area contributed by atoms with E-state index >= 15 is 0 Å². The standard InChI is InChI=1S/C27H24N4O3S/c1-17(32)28-20-11-9-18(10-12-20)15-21(27(34)31-13-5-6-14-31)24-29-25(33)22-16-23(35-26(22)30-24)19-7-3-2-4-8-19/h2-4,7-12,15-16H,5-6,13-14H2,1H3,(H,28,32)(H,29,30,33)/b21-15+.